The van der Waals surface area contributed by atoms with Gasteiger partial charge in [0, 0.05) is 0 Å². The third-order valence-corrected chi connectivity index (χ3v) is 2.67. The third kappa shape index (κ3) is 3.35. The quantitative estimate of drug-likeness (QED) is 0.872. The summed E-state index contributed by atoms with van der Waals surface area (Å²) in [5, 5.41) is 4.48. The zero-order chi connectivity index (χ0) is 13.1. The third-order valence-electron chi connectivity index (χ3n) is 2.67. The van der Waals surface area contributed by atoms with Crippen molar-refractivity contribution in [3.63, 3.8) is 0 Å². The number of carbonyl (C=O) groups excluding carboxylic acids is 1. The van der Waals surface area contributed by atoms with E-state index in [0.717, 1.165) is 12.3 Å². The van der Waals surface area contributed by atoms with Crippen molar-refractivity contribution < 1.29 is 18.0 Å². The predicted molar refractivity (Wildman–Crippen MR) is 58.9 cm³/mol. The average Bonchev–Trinajstić information content (AvgIpc) is 3.13. The first-order valence-corrected chi connectivity index (χ1v) is 5.53. The van der Waals surface area contributed by atoms with Crippen LogP contribution in [0.15, 0.2) is 18.3 Å². The Morgan fingerprint density at radius 2 is 2.11 bits per heavy atom. The van der Waals surface area contributed by atoms with Crippen LogP contribution < -0.4 is 10.6 Å². The van der Waals surface area contributed by atoms with Crippen molar-refractivity contribution in [3.8, 4) is 0 Å². The molecule has 98 valence electrons. The van der Waals surface area contributed by atoms with E-state index in [-0.39, 0.29) is 11.7 Å². The first-order chi connectivity index (χ1) is 8.56. The van der Waals surface area contributed by atoms with Crippen LogP contribution in [0, 0.1) is 11.7 Å². The largest absolute Gasteiger partial charge is 0.329 e. The Kier molecular flexibility index (Phi) is 3.69. The molecule has 0 spiro atoms. The van der Waals surface area contributed by atoms with Gasteiger partial charge in [-0.15, -0.1) is 0 Å². The van der Waals surface area contributed by atoms with E-state index in [9.17, 15) is 18.0 Å². The van der Waals surface area contributed by atoms with Crippen molar-refractivity contribution in [2.24, 2.45) is 5.92 Å². The number of nitrogens with zero attached hydrogens (tertiary/aromatic N) is 1. The van der Waals surface area contributed by atoms with Crippen molar-refractivity contribution in [1.29, 1.82) is 0 Å². The van der Waals surface area contributed by atoms with Gasteiger partial charge in [-0.1, -0.05) is 0 Å². The number of anilines is 1. The Balaban J connectivity index is 1.89. The van der Waals surface area contributed by atoms with Gasteiger partial charge in [0.2, 0.25) is 0 Å². The standard InChI is InChI=1S/C11H12F3N3O/c12-7-3-4-8(15-5-7)16-11(18)17-9(10(13)14)6-1-2-6/h3-6,9-10H,1-2H2,(H2,15,16,17,18). The van der Waals surface area contributed by atoms with Crippen molar-refractivity contribution in [2.45, 2.75) is 25.3 Å². The van der Waals surface area contributed by atoms with Gasteiger partial charge in [-0.2, -0.15) is 0 Å². The van der Waals surface area contributed by atoms with Crippen molar-refractivity contribution in [3.05, 3.63) is 24.1 Å². The molecule has 1 aromatic heterocycles. The number of hydrogen-bond acceptors (Lipinski definition) is 2. The van der Waals surface area contributed by atoms with E-state index in [1.807, 2.05) is 0 Å². The summed E-state index contributed by atoms with van der Waals surface area (Å²) in [7, 11) is 0. The first-order valence-electron chi connectivity index (χ1n) is 5.53. The summed E-state index contributed by atoms with van der Waals surface area (Å²) < 4.78 is 37.8. The molecule has 0 aliphatic heterocycles. The molecule has 0 saturated heterocycles. The van der Waals surface area contributed by atoms with Crippen LogP contribution in [0.1, 0.15) is 12.8 Å². The van der Waals surface area contributed by atoms with Crippen molar-refractivity contribution in [2.75, 3.05) is 5.32 Å². The highest BCUT2D eigenvalue weighted by molar-refractivity contribution is 5.88. The highest BCUT2D eigenvalue weighted by Crippen LogP contribution is 2.35. The van der Waals surface area contributed by atoms with Crippen molar-refractivity contribution >= 4 is 11.8 Å². The Morgan fingerprint density at radius 1 is 1.39 bits per heavy atom. The predicted octanol–water partition coefficient (Wildman–Crippen LogP) is 2.39. The maximum absolute atomic E-state index is 12.6. The molecule has 1 unspecified atom stereocenters. The minimum atomic E-state index is -2.59. The van der Waals surface area contributed by atoms with Crippen LogP contribution in [-0.2, 0) is 0 Å². The van der Waals surface area contributed by atoms with E-state index in [4.69, 9.17) is 0 Å². The number of hydrogen-bond donors (Lipinski definition) is 2. The Labute approximate surface area is 102 Å². The molecule has 1 aromatic rings. The lowest BCUT2D eigenvalue weighted by molar-refractivity contribution is 0.0929. The van der Waals surface area contributed by atoms with Gasteiger partial charge < -0.3 is 5.32 Å². The second kappa shape index (κ2) is 5.24. The molecule has 0 aromatic carbocycles. The van der Waals surface area contributed by atoms with Gasteiger partial charge in [0.25, 0.3) is 6.43 Å². The van der Waals surface area contributed by atoms with E-state index in [1.54, 1.807) is 0 Å². The van der Waals surface area contributed by atoms with Gasteiger partial charge in [-0.3, -0.25) is 5.32 Å². The van der Waals surface area contributed by atoms with E-state index in [2.05, 4.69) is 15.6 Å². The number of aromatic nitrogens is 1. The SMILES string of the molecule is O=C(Nc1ccc(F)cn1)NC(C(F)F)C1CC1. The van der Waals surface area contributed by atoms with Crippen LogP contribution in [0.2, 0.25) is 0 Å². The molecule has 1 aliphatic rings. The van der Waals surface area contributed by atoms with Crippen LogP contribution in [0.5, 0.6) is 0 Å². The molecule has 2 amide bonds. The lowest BCUT2D eigenvalue weighted by Crippen LogP contribution is -2.43. The van der Waals surface area contributed by atoms with E-state index >= 15 is 0 Å². The topological polar surface area (TPSA) is 54.0 Å². The fraction of sp³-hybridized carbons (Fsp3) is 0.455. The molecular weight excluding hydrogens is 247 g/mol. The normalized spacial score (nSPS) is 16.4. The Bertz CT molecular complexity index is 418. The second-order valence-electron chi connectivity index (χ2n) is 4.16. The summed E-state index contributed by atoms with van der Waals surface area (Å²) >= 11 is 0. The summed E-state index contributed by atoms with van der Waals surface area (Å²) in [6.45, 7) is 0. The van der Waals surface area contributed by atoms with Gasteiger partial charge in [0.05, 0.1) is 12.2 Å². The molecule has 1 fully saturated rings. The maximum atomic E-state index is 12.6. The number of nitrogens with one attached hydrogen (secondary N) is 2. The number of halogens is 3. The molecular formula is C11H12F3N3O. The highest BCUT2D eigenvalue weighted by atomic mass is 19.3. The lowest BCUT2D eigenvalue weighted by Gasteiger charge is -2.17. The second-order valence-corrected chi connectivity index (χ2v) is 4.16. The zero-order valence-electron chi connectivity index (χ0n) is 9.37. The summed E-state index contributed by atoms with van der Waals surface area (Å²) in [4.78, 5) is 15.1. The highest BCUT2D eigenvalue weighted by Gasteiger charge is 2.38. The molecule has 1 saturated carbocycles. The number of alkyl halides is 2. The molecule has 4 nitrogen and oxygen atoms in total. The van der Waals surface area contributed by atoms with Crippen LogP contribution in [0.3, 0.4) is 0 Å². The molecule has 0 radical (unpaired) electrons. The van der Waals surface area contributed by atoms with E-state index in [1.165, 1.54) is 6.07 Å². The molecule has 0 bridgehead atoms. The van der Waals surface area contributed by atoms with Gasteiger partial charge in [-0.25, -0.2) is 22.9 Å². The van der Waals surface area contributed by atoms with Crippen molar-refractivity contribution in [1.82, 2.24) is 10.3 Å². The zero-order valence-corrected chi connectivity index (χ0v) is 9.37. The number of pyridine rings is 1. The fourth-order valence-corrected chi connectivity index (χ4v) is 1.60. The molecule has 1 atom stereocenters. The summed E-state index contributed by atoms with van der Waals surface area (Å²) in [5.74, 6) is -0.584. The Morgan fingerprint density at radius 3 is 2.61 bits per heavy atom. The molecule has 1 aliphatic carbocycles. The molecule has 1 heterocycles. The summed E-state index contributed by atoms with van der Waals surface area (Å²) in [5.41, 5.74) is 0. The first kappa shape index (κ1) is 12.7. The van der Waals surface area contributed by atoms with E-state index in [0.29, 0.717) is 12.8 Å². The maximum Gasteiger partial charge on any atom is 0.320 e. The van der Waals surface area contributed by atoms with Gasteiger partial charge in [-0.05, 0) is 30.9 Å². The van der Waals surface area contributed by atoms with Gasteiger partial charge in [0.15, 0.2) is 0 Å². The lowest BCUT2D eigenvalue weighted by atomic mass is 10.2. The number of carbonyl (C=O) groups is 1. The number of amides is 2. The smallest absolute Gasteiger partial charge is 0.320 e. The minimum Gasteiger partial charge on any atom is -0.329 e. The molecule has 2 rings (SSSR count). The molecule has 2 N–H and O–H groups in total. The average molecular weight is 259 g/mol. The minimum absolute atomic E-state index is 0.109. The molecule has 18 heavy (non-hydrogen) atoms. The summed E-state index contributed by atoms with van der Waals surface area (Å²) in [6, 6.07) is 0.481. The number of rotatable bonds is 4. The van der Waals surface area contributed by atoms with Crippen LogP contribution in [-0.4, -0.2) is 23.5 Å². The molecule has 7 heteroatoms. The monoisotopic (exact) mass is 259 g/mol. The van der Waals surface area contributed by atoms with Crippen LogP contribution in [0.4, 0.5) is 23.8 Å². The summed E-state index contributed by atoms with van der Waals surface area (Å²) in [6.07, 6.45) is -0.264. The Hall–Kier alpha value is -1.79. The van der Waals surface area contributed by atoms with E-state index < -0.39 is 24.3 Å². The van der Waals surface area contributed by atoms with Crippen LogP contribution >= 0.6 is 0 Å². The van der Waals surface area contributed by atoms with Crippen LogP contribution in [0.25, 0.3) is 0 Å². The van der Waals surface area contributed by atoms with Gasteiger partial charge >= 0.3 is 6.03 Å². The number of urea groups is 1. The van der Waals surface area contributed by atoms with Gasteiger partial charge in [0.1, 0.15) is 11.6 Å². The fourth-order valence-electron chi connectivity index (χ4n) is 1.60.